The first kappa shape index (κ1) is 20.0. The first-order valence-electron chi connectivity index (χ1n) is 8.48. The number of guanidine groups is 1. The molecule has 1 aliphatic heterocycles. The van der Waals surface area contributed by atoms with E-state index in [0.29, 0.717) is 5.92 Å². The number of hydrogen-bond acceptors (Lipinski definition) is 3. The highest BCUT2D eigenvalue weighted by molar-refractivity contribution is 14.0. The molecular formula is C16H32IN3O2. The first-order chi connectivity index (χ1) is 10.4. The van der Waals surface area contributed by atoms with E-state index in [0.717, 1.165) is 64.2 Å². The maximum Gasteiger partial charge on any atom is 0.190 e. The number of nitrogens with one attached hydrogen (secondary N) is 2. The van der Waals surface area contributed by atoms with Crippen LogP contribution >= 0.6 is 24.0 Å². The van der Waals surface area contributed by atoms with E-state index >= 15 is 0 Å². The van der Waals surface area contributed by atoms with Crippen LogP contribution in [0.1, 0.15) is 38.5 Å². The Kier molecular flexibility index (Phi) is 11.2. The lowest BCUT2D eigenvalue weighted by molar-refractivity contribution is 0.0888. The van der Waals surface area contributed by atoms with E-state index in [1.165, 1.54) is 25.7 Å². The second-order valence-electron chi connectivity index (χ2n) is 6.17. The van der Waals surface area contributed by atoms with Gasteiger partial charge in [-0.1, -0.05) is 12.8 Å². The lowest BCUT2D eigenvalue weighted by Gasteiger charge is -2.12. The zero-order valence-corrected chi connectivity index (χ0v) is 16.1. The van der Waals surface area contributed by atoms with Gasteiger partial charge in [-0.05, 0) is 31.6 Å². The number of nitrogens with zero attached hydrogens (tertiary/aromatic N) is 1. The lowest BCUT2D eigenvalue weighted by Crippen LogP contribution is -2.38. The second kappa shape index (κ2) is 12.4. The summed E-state index contributed by atoms with van der Waals surface area (Å²) in [6.07, 6.45) is 7.66. The lowest BCUT2D eigenvalue weighted by atomic mass is 10.1. The van der Waals surface area contributed by atoms with E-state index in [1.807, 2.05) is 7.05 Å². The van der Waals surface area contributed by atoms with Gasteiger partial charge in [0, 0.05) is 39.3 Å². The molecule has 130 valence electrons. The van der Waals surface area contributed by atoms with Crippen molar-refractivity contribution >= 4 is 29.9 Å². The number of aliphatic imine (C=N–C) groups is 1. The Morgan fingerprint density at radius 1 is 1.14 bits per heavy atom. The van der Waals surface area contributed by atoms with E-state index in [2.05, 4.69) is 15.6 Å². The minimum Gasteiger partial charge on any atom is -0.381 e. The monoisotopic (exact) mass is 425 g/mol. The molecule has 0 bridgehead atoms. The van der Waals surface area contributed by atoms with Crippen molar-refractivity contribution in [3.8, 4) is 0 Å². The quantitative estimate of drug-likeness (QED) is 0.244. The summed E-state index contributed by atoms with van der Waals surface area (Å²) in [5.74, 6) is 2.54. The molecule has 0 amide bonds. The largest absolute Gasteiger partial charge is 0.381 e. The summed E-state index contributed by atoms with van der Waals surface area (Å²) in [4.78, 5) is 4.24. The van der Waals surface area contributed by atoms with Crippen LogP contribution in [0.3, 0.4) is 0 Å². The molecular weight excluding hydrogens is 393 g/mol. The summed E-state index contributed by atoms with van der Waals surface area (Å²) < 4.78 is 11.0. The van der Waals surface area contributed by atoms with Gasteiger partial charge in [-0.2, -0.15) is 0 Å². The number of halogens is 1. The summed E-state index contributed by atoms with van der Waals surface area (Å²) >= 11 is 0. The van der Waals surface area contributed by atoms with Crippen molar-refractivity contribution in [1.82, 2.24) is 10.6 Å². The molecule has 1 unspecified atom stereocenters. The molecule has 0 aromatic carbocycles. The minimum absolute atomic E-state index is 0. The number of rotatable bonds is 10. The van der Waals surface area contributed by atoms with Gasteiger partial charge in [0.25, 0.3) is 0 Å². The highest BCUT2D eigenvalue weighted by Crippen LogP contribution is 2.33. The third kappa shape index (κ3) is 9.15. The third-order valence-electron chi connectivity index (χ3n) is 4.14. The van der Waals surface area contributed by atoms with Crippen molar-refractivity contribution in [2.24, 2.45) is 16.8 Å². The summed E-state index contributed by atoms with van der Waals surface area (Å²) in [6.45, 7) is 5.35. The topological polar surface area (TPSA) is 54.9 Å². The summed E-state index contributed by atoms with van der Waals surface area (Å²) in [6, 6.07) is 0. The molecule has 1 saturated heterocycles. The summed E-state index contributed by atoms with van der Waals surface area (Å²) in [5, 5.41) is 6.71. The zero-order valence-electron chi connectivity index (χ0n) is 13.8. The first-order valence-corrected chi connectivity index (χ1v) is 8.48. The third-order valence-corrected chi connectivity index (χ3v) is 4.14. The van der Waals surface area contributed by atoms with E-state index < -0.39 is 0 Å². The van der Waals surface area contributed by atoms with Crippen molar-refractivity contribution in [3.05, 3.63) is 0 Å². The van der Waals surface area contributed by atoms with Gasteiger partial charge >= 0.3 is 0 Å². The molecule has 6 heteroatoms. The average molecular weight is 425 g/mol. The average Bonchev–Trinajstić information content (AvgIpc) is 3.18. The fourth-order valence-electron chi connectivity index (χ4n) is 2.57. The highest BCUT2D eigenvalue weighted by Gasteiger charge is 2.20. The van der Waals surface area contributed by atoms with Crippen LogP contribution in [0.15, 0.2) is 4.99 Å². The Balaban J connectivity index is 0.00000242. The fraction of sp³-hybridized carbons (Fsp3) is 0.938. The van der Waals surface area contributed by atoms with Crippen molar-refractivity contribution < 1.29 is 9.47 Å². The Labute approximate surface area is 152 Å². The van der Waals surface area contributed by atoms with Crippen molar-refractivity contribution in [2.75, 3.05) is 46.6 Å². The van der Waals surface area contributed by atoms with Gasteiger partial charge in [0.2, 0.25) is 0 Å². The molecule has 22 heavy (non-hydrogen) atoms. The Bertz CT molecular complexity index is 306. The molecule has 2 aliphatic rings. The normalized spacial score (nSPS) is 21.5. The van der Waals surface area contributed by atoms with Gasteiger partial charge in [-0.3, -0.25) is 4.99 Å². The van der Waals surface area contributed by atoms with Crippen LogP contribution in [0.4, 0.5) is 0 Å². The standard InChI is InChI=1S/C16H31N3O2.HI/c1-17-16(18-8-2-4-14-5-6-14)19-9-3-10-20-12-15-7-11-21-13-15;/h14-15H,2-13H2,1H3,(H2,17,18,19);1H. The van der Waals surface area contributed by atoms with Crippen LogP contribution in [-0.4, -0.2) is 52.5 Å². The van der Waals surface area contributed by atoms with Crippen LogP contribution in [0.2, 0.25) is 0 Å². The molecule has 1 saturated carbocycles. The molecule has 1 aliphatic carbocycles. The fourth-order valence-corrected chi connectivity index (χ4v) is 2.57. The van der Waals surface area contributed by atoms with Gasteiger partial charge in [0.15, 0.2) is 5.96 Å². The van der Waals surface area contributed by atoms with E-state index in [4.69, 9.17) is 9.47 Å². The number of ether oxygens (including phenoxy) is 2. The molecule has 0 aromatic heterocycles. The highest BCUT2D eigenvalue weighted by atomic mass is 127. The van der Waals surface area contributed by atoms with Gasteiger partial charge < -0.3 is 20.1 Å². The minimum atomic E-state index is 0. The van der Waals surface area contributed by atoms with Crippen molar-refractivity contribution in [2.45, 2.75) is 38.5 Å². The molecule has 1 atom stereocenters. The van der Waals surface area contributed by atoms with E-state index in [1.54, 1.807) is 0 Å². The molecule has 2 fully saturated rings. The predicted molar refractivity (Wildman–Crippen MR) is 101 cm³/mol. The molecule has 2 rings (SSSR count). The smallest absolute Gasteiger partial charge is 0.190 e. The van der Waals surface area contributed by atoms with Gasteiger partial charge in [-0.15, -0.1) is 24.0 Å². The molecule has 5 nitrogen and oxygen atoms in total. The molecule has 0 radical (unpaired) electrons. The van der Waals surface area contributed by atoms with E-state index in [-0.39, 0.29) is 24.0 Å². The van der Waals surface area contributed by atoms with Crippen LogP contribution in [0.5, 0.6) is 0 Å². The SMILES string of the molecule is CN=C(NCCCOCC1CCOC1)NCCCC1CC1.I. The molecule has 0 spiro atoms. The Morgan fingerprint density at radius 3 is 2.55 bits per heavy atom. The van der Waals surface area contributed by atoms with Gasteiger partial charge in [0.05, 0.1) is 13.2 Å². The summed E-state index contributed by atoms with van der Waals surface area (Å²) in [7, 11) is 1.83. The zero-order chi connectivity index (χ0) is 14.8. The molecule has 0 aromatic rings. The Hall–Kier alpha value is -0.0800. The van der Waals surface area contributed by atoms with Gasteiger partial charge in [0.1, 0.15) is 0 Å². The van der Waals surface area contributed by atoms with Crippen LogP contribution in [0, 0.1) is 11.8 Å². The molecule has 1 heterocycles. The molecule has 2 N–H and O–H groups in total. The maximum atomic E-state index is 5.68. The Morgan fingerprint density at radius 2 is 1.91 bits per heavy atom. The van der Waals surface area contributed by atoms with Crippen molar-refractivity contribution in [3.63, 3.8) is 0 Å². The van der Waals surface area contributed by atoms with Crippen LogP contribution in [-0.2, 0) is 9.47 Å². The van der Waals surface area contributed by atoms with Crippen LogP contribution in [0.25, 0.3) is 0 Å². The maximum absolute atomic E-state index is 5.68. The van der Waals surface area contributed by atoms with Crippen LogP contribution < -0.4 is 10.6 Å². The predicted octanol–water partition coefficient (Wildman–Crippen LogP) is 2.40. The van der Waals surface area contributed by atoms with Gasteiger partial charge in [-0.25, -0.2) is 0 Å². The number of hydrogen-bond donors (Lipinski definition) is 2. The van der Waals surface area contributed by atoms with Crippen molar-refractivity contribution in [1.29, 1.82) is 0 Å². The van der Waals surface area contributed by atoms with E-state index in [9.17, 15) is 0 Å². The summed E-state index contributed by atoms with van der Waals surface area (Å²) in [5.41, 5.74) is 0. The second-order valence-corrected chi connectivity index (χ2v) is 6.17.